The summed E-state index contributed by atoms with van der Waals surface area (Å²) in [6.07, 6.45) is 0.643. The molecule has 0 fully saturated rings. The van der Waals surface area contributed by atoms with E-state index in [1.807, 2.05) is 54.6 Å². The van der Waals surface area contributed by atoms with Crippen LogP contribution in [-0.4, -0.2) is 32.7 Å². The van der Waals surface area contributed by atoms with Crippen molar-refractivity contribution in [2.75, 3.05) is 26.1 Å². The molecule has 0 spiro atoms. The summed E-state index contributed by atoms with van der Waals surface area (Å²) in [5.74, 6) is 0.422. The molecular weight excluding hydrogens is 370 g/mol. The van der Waals surface area contributed by atoms with E-state index in [4.69, 9.17) is 14.2 Å². The third-order valence-corrected chi connectivity index (χ3v) is 4.46. The first-order valence-corrected chi connectivity index (χ1v) is 9.24. The third kappa shape index (κ3) is 5.48. The number of rotatable bonds is 8. The van der Waals surface area contributed by atoms with Crippen molar-refractivity contribution in [1.82, 2.24) is 0 Å². The molecule has 6 nitrogen and oxygen atoms in total. The van der Waals surface area contributed by atoms with Crippen molar-refractivity contribution in [1.29, 1.82) is 0 Å². The molecule has 0 atom stereocenters. The molecule has 0 bridgehead atoms. The van der Waals surface area contributed by atoms with Gasteiger partial charge in [-0.25, -0.2) is 0 Å². The van der Waals surface area contributed by atoms with E-state index in [-0.39, 0.29) is 18.9 Å². The van der Waals surface area contributed by atoms with Crippen molar-refractivity contribution in [3.63, 3.8) is 0 Å². The fourth-order valence-electron chi connectivity index (χ4n) is 2.96. The largest absolute Gasteiger partial charge is 0.493 e. The summed E-state index contributed by atoms with van der Waals surface area (Å²) in [4.78, 5) is 24.0. The molecule has 0 aliphatic carbocycles. The zero-order valence-corrected chi connectivity index (χ0v) is 16.4. The van der Waals surface area contributed by atoms with E-state index in [9.17, 15) is 9.59 Å². The molecule has 0 heterocycles. The number of benzene rings is 3. The second-order valence-electron chi connectivity index (χ2n) is 6.46. The quantitative estimate of drug-likeness (QED) is 0.586. The lowest BCUT2D eigenvalue weighted by Crippen LogP contribution is -2.21. The summed E-state index contributed by atoms with van der Waals surface area (Å²) in [5, 5.41) is 4.86. The monoisotopic (exact) mass is 393 g/mol. The maximum absolute atomic E-state index is 12.1. The highest BCUT2D eigenvalue weighted by atomic mass is 16.5. The highest BCUT2D eigenvalue weighted by Gasteiger charge is 2.10. The molecule has 3 rings (SSSR count). The van der Waals surface area contributed by atoms with E-state index in [0.717, 1.165) is 16.3 Å². The normalized spacial score (nSPS) is 10.4. The van der Waals surface area contributed by atoms with Crippen LogP contribution in [0.3, 0.4) is 0 Å². The third-order valence-electron chi connectivity index (χ3n) is 4.46. The summed E-state index contributed by atoms with van der Waals surface area (Å²) in [7, 11) is 3.13. The summed E-state index contributed by atoms with van der Waals surface area (Å²) >= 11 is 0. The second-order valence-corrected chi connectivity index (χ2v) is 6.46. The maximum Gasteiger partial charge on any atom is 0.306 e. The van der Waals surface area contributed by atoms with Crippen molar-refractivity contribution in [2.24, 2.45) is 0 Å². The number of amides is 1. The predicted molar refractivity (Wildman–Crippen MR) is 111 cm³/mol. The Morgan fingerprint density at radius 2 is 1.62 bits per heavy atom. The summed E-state index contributed by atoms with van der Waals surface area (Å²) < 4.78 is 15.5. The molecule has 1 N–H and O–H groups in total. The number of carbonyl (C=O) groups is 2. The van der Waals surface area contributed by atoms with Gasteiger partial charge in [-0.05, 0) is 47.0 Å². The van der Waals surface area contributed by atoms with Crippen LogP contribution in [0.15, 0.2) is 60.7 Å². The van der Waals surface area contributed by atoms with E-state index in [0.29, 0.717) is 23.6 Å². The van der Waals surface area contributed by atoms with Gasteiger partial charge in [0.2, 0.25) is 0 Å². The molecule has 1 amide bonds. The molecule has 0 aliphatic rings. The predicted octanol–water partition coefficient (Wildman–Crippen LogP) is 3.97. The molecule has 29 heavy (non-hydrogen) atoms. The maximum atomic E-state index is 12.1. The Hall–Kier alpha value is -3.54. The highest BCUT2D eigenvalue weighted by Crippen LogP contribution is 2.28. The number of methoxy groups -OCH3 is 2. The average Bonchev–Trinajstić information content (AvgIpc) is 2.75. The number of esters is 1. The van der Waals surface area contributed by atoms with Crippen LogP contribution in [0.5, 0.6) is 11.5 Å². The van der Waals surface area contributed by atoms with Crippen molar-refractivity contribution < 1.29 is 23.8 Å². The van der Waals surface area contributed by atoms with Crippen molar-refractivity contribution in [3.8, 4) is 11.5 Å². The zero-order valence-electron chi connectivity index (χ0n) is 16.4. The molecule has 6 heteroatoms. The lowest BCUT2D eigenvalue weighted by Gasteiger charge is -2.10. The first kappa shape index (κ1) is 20.2. The van der Waals surface area contributed by atoms with Crippen molar-refractivity contribution in [3.05, 3.63) is 66.2 Å². The molecule has 0 unspecified atom stereocenters. The van der Waals surface area contributed by atoms with Crippen LogP contribution in [0.2, 0.25) is 0 Å². The fourth-order valence-corrected chi connectivity index (χ4v) is 2.96. The Kier molecular flexibility index (Phi) is 6.68. The molecule has 0 saturated heterocycles. The molecule has 3 aromatic carbocycles. The van der Waals surface area contributed by atoms with Gasteiger partial charge in [0.1, 0.15) is 0 Å². The lowest BCUT2D eigenvalue weighted by atomic mass is 10.1. The number of carbonyl (C=O) groups excluding carboxylic acids is 2. The minimum absolute atomic E-state index is 0.165. The number of hydrogen-bond acceptors (Lipinski definition) is 5. The average molecular weight is 393 g/mol. The van der Waals surface area contributed by atoms with Crippen molar-refractivity contribution >= 4 is 28.3 Å². The van der Waals surface area contributed by atoms with Gasteiger partial charge in [0, 0.05) is 12.1 Å². The topological polar surface area (TPSA) is 73.9 Å². The van der Waals surface area contributed by atoms with Crippen LogP contribution in [0.25, 0.3) is 10.8 Å². The molecule has 0 radical (unpaired) electrons. The summed E-state index contributed by atoms with van der Waals surface area (Å²) in [6, 6.07) is 19.0. The van der Waals surface area contributed by atoms with Gasteiger partial charge in [-0.2, -0.15) is 0 Å². The number of nitrogens with one attached hydrogen (secondary N) is 1. The first-order valence-electron chi connectivity index (χ1n) is 9.24. The van der Waals surface area contributed by atoms with Crippen LogP contribution < -0.4 is 14.8 Å². The molecule has 150 valence electrons. The summed E-state index contributed by atoms with van der Waals surface area (Å²) in [5.41, 5.74) is 1.58. The van der Waals surface area contributed by atoms with Crippen LogP contribution in [0, 0.1) is 0 Å². The van der Waals surface area contributed by atoms with Crippen LogP contribution >= 0.6 is 0 Å². The molecule has 0 saturated carbocycles. The molecule has 0 aromatic heterocycles. The Labute approximate surface area is 169 Å². The van der Waals surface area contributed by atoms with Gasteiger partial charge in [0.25, 0.3) is 5.91 Å². The molecule has 3 aromatic rings. The van der Waals surface area contributed by atoms with Gasteiger partial charge in [0.15, 0.2) is 18.1 Å². The Morgan fingerprint density at radius 1 is 0.862 bits per heavy atom. The number of anilines is 1. The van der Waals surface area contributed by atoms with E-state index < -0.39 is 5.97 Å². The smallest absolute Gasteiger partial charge is 0.306 e. The van der Waals surface area contributed by atoms with Gasteiger partial charge in [-0.3, -0.25) is 9.59 Å². The van der Waals surface area contributed by atoms with Gasteiger partial charge in [-0.15, -0.1) is 0 Å². The van der Waals surface area contributed by atoms with Gasteiger partial charge in [-0.1, -0.05) is 36.4 Å². The highest BCUT2D eigenvalue weighted by molar-refractivity contribution is 5.95. The SMILES string of the molecule is COc1ccc(CCC(=O)OCC(=O)Nc2ccc3ccccc3c2)cc1OC. The van der Waals surface area contributed by atoms with Crippen LogP contribution in [-0.2, 0) is 20.7 Å². The number of ether oxygens (including phenoxy) is 3. The van der Waals surface area contributed by atoms with Gasteiger partial charge in [0.05, 0.1) is 14.2 Å². The van der Waals surface area contributed by atoms with E-state index in [1.54, 1.807) is 20.3 Å². The van der Waals surface area contributed by atoms with Gasteiger partial charge >= 0.3 is 5.97 Å². The second kappa shape index (κ2) is 9.59. The molecule has 0 aliphatic heterocycles. The Morgan fingerprint density at radius 3 is 2.38 bits per heavy atom. The molecular formula is C23H23NO5. The van der Waals surface area contributed by atoms with Crippen LogP contribution in [0.1, 0.15) is 12.0 Å². The Balaban J connectivity index is 1.46. The van der Waals surface area contributed by atoms with E-state index in [1.165, 1.54) is 0 Å². The fraction of sp³-hybridized carbons (Fsp3) is 0.217. The van der Waals surface area contributed by atoms with E-state index >= 15 is 0 Å². The zero-order chi connectivity index (χ0) is 20.6. The van der Waals surface area contributed by atoms with E-state index in [2.05, 4.69) is 5.32 Å². The first-order chi connectivity index (χ1) is 14.1. The number of aryl methyl sites for hydroxylation is 1. The minimum Gasteiger partial charge on any atom is -0.493 e. The minimum atomic E-state index is -0.437. The van der Waals surface area contributed by atoms with Crippen molar-refractivity contribution in [2.45, 2.75) is 12.8 Å². The summed E-state index contributed by atoms with van der Waals surface area (Å²) in [6.45, 7) is -0.322. The standard InChI is InChI=1S/C23H23NO5/c1-27-20-11-7-16(13-21(20)28-2)8-12-23(26)29-15-22(25)24-19-10-9-17-5-3-4-6-18(17)14-19/h3-7,9-11,13-14H,8,12,15H2,1-2H3,(H,24,25). The Bertz CT molecular complexity index is 1020. The van der Waals surface area contributed by atoms with Gasteiger partial charge < -0.3 is 19.5 Å². The number of hydrogen-bond donors (Lipinski definition) is 1. The lowest BCUT2D eigenvalue weighted by molar-refractivity contribution is -0.147. The number of fused-ring (bicyclic) bond motifs is 1. The van der Waals surface area contributed by atoms with Crippen LogP contribution in [0.4, 0.5) is 5.69 Å².